The van der Waals surface area contributed by atoms with Crippen molar-refractivity contribution in [3.63, 3.8) is 0 Å². The van der Waals surface area contributed by atoms with E-state index in [1.807, 2.05) is 30.3 Å². The van der Waals surface area contributed by atoms with Gasteiger partial charge in [-0.2, -0.15) is 0 Å². The average Bonchev–Trinajstić information content (AvgIpc) is 2.37. The van der Waals surface area contributed by atoms with Crippen LogP contribution in [0.4, 0.5) is 0 Å². The summed E-state index contributed by atoms with van der Waals surface area (Å²) in [6.45, 7) is 4.53. The van der Waals surface area contributed by atoms with E-state index in [-0.39, 0.29) is 18.4 Å². The predicted octanol–water partition coefficient (Wildman–Crippen LogP) is 0.404. The van der Waals surface area contributed by atoms with Crippen molar-refractivity contribution in [2.45, 2.75) is 20.4 Å². The predicted molar refractivity (Wildman–Crippen MR) is 74.1 cm³/mol. The smallest absolute Gasteiger partial charge is 0.234 e. The molecule has 104 valence electrons. The second kappa shape index (κ2) is 6.89. The number of hydrogen-bond acceptors (Lipinski definition) is 3. The van der Waals surface area contributed by atoms with Crippen LogP contribution in [0.1, 0.15) is 19.4 Å². The van der Waals surface area contributed by atoms with Crippen molar-refractivity contribution in [2.24, 2.45) is 11.1 Å². The molecule has 5 heteroatoms. The lowest BCUT2D eigenvalue weighted by Crippen LogP contribution is -2.43. The van der Waals surface area contributed by atoms with E-state index in [0.29, 0.717) is 13.1 Å². The van der Waals surface area contributed by atoms with Crippen LogP contribution in [-0.2, 0) is 16.1 Å². The first kappa shape index (κ1) is 15.2. The molecule has 5 nitrogen and oxygen atoms in total. The molecule has 0 aliphatic rings. The molecule has 0 saturated carbocycles. The molecule has 1 rings (SSSR count). The summed E-state index contributed by atoms with van der Waals surface area (Å²) >= 11 is 0. The highest BCUT2D eigenvalue weighted by atomic mass is 16.2. The van der Waals surface area contributed by atoms with E-state index in [4.69, 9.17) is 5.73 Å². The SMILES string of the molecule is CC(C)(CNCC(=O)NCc1ccccc1)C(N)=O. The number of nitrogens with two attached hydrogens (primary N) is 1. The summed E-state index contributed by atoms with van der Waals surface area (Å²) in [4.78, 5) is 22.7. The minimum absolute atomic E-state index is 0.107. The Labute approximate surface area is 113 Å². The minimum Gasteiger partial charge on any atom is -0.369 e. The molecule has 2 amide bonds. The van der Waals surface area contributed by atoms with Gasteiger partial charge in [0.1, 0.15) is 0 Å². The summed E-state index contributed by atoms with van der Waals surface area (Å²) in [6, 6.07) is 9.68. The molecule has 0 aliphatic carbocycles. The summed E-state index contributed by atoms with van der Waals surface area (Å²) in [5.74, 6) is -0.492. The molecular weight excluding hydrogens is 242 g/mol. The van der Waals surface area contributed by atoms with Crippen molar-refractivity contribution < 1.29 is 9.59 Å². The topological polar surface area (TPSA) is 84.2 Å². The standard InChI is InChI=1S/C14H21N3O2/c1-14(2,13(15)19)10-16-9-12(18)17-8-11-6-4-3-5-7-11/h3-7,16H,8-10H2,1-2H3,(H2,15,19)(H,17,18). The zero-order valence-electron chi connectivity index (χ0n) is 11.4. The van der Waals surface area contributed by atoms with Gasteiger partial charge in [0.05, 0.1) is 12.0 Å². The number of benzene rings is 1. The quantitative estimate of drug-likeness (QED) is 0.666. The number of hydrogen-bond donors (Lipinski definition) is 3. The zero-order chi connectivity index (χ0) is 14.3. The second-order valence-corrected chi connectivity index (χ2v) is 5.11. The van der Waals surface area contributed by atoms with Crippen LogP contribution in [0.15, 0.2) is 30.3 Å². The van der Waals surface area contributed by atoms with Crippen molar-refractivity contribution in [1.82, 2.24) is 10.6 Å². The highest BCUT2D eigenvalue weighted by molar-refractivity contribution is 5.80. The fourth-order valence-corrected chi connectivity index (χ4v) is 1.43. The van der Waals surface area contributed by atoms with Crippen molar-refractivity contribution in [2.75, 3.05) is 13.1 Å². The molecule has 0 heterocycles. The van der Waals surface area contributed by atoms with Crippen LogP contribution < -0.4 is 16.4 Å². The van der Waals surface area contributed by atoms with Gasteiger partial charge in [-0.25, -0.2) is 0 Å². The van der Waals surface area contributed by atoms with Gasteiger partial charge < -0.3 is 16.4 Å². The van der Waals surface area contributed by atoms with Crippen LogP contribution in [0, 0.1) is 5.41 Å². The van der Waals surface area contributed by atoms with Crippen LogP contribution in [-0.4, -0.2) is 24.9 Å². The molecule has 4 N–H and O–H groups in total. The molecule has 0 unspecified atom stereocenters. The van der Waals surface area contributed by atoms with Crippen molar-refractivity contribution >= 4 is 11.8 Å². The number of amides is 2. The number of primary amides is 1. The van der Waals surface area contributed by atoms with Gasteiger partial charge in [-0.1, -0.05) is 30.3 Å². The fourth-order valence-electron chi connectivity index (χ4n) is 1.43. The van der Waals surface area contributed by atoms with Crippen LogP contribution >= 0.6 is 0 Å². The minimum atomic E-state index is -0.653. The van der Waals surface area contributed by atoms with Crippen molar-refractivity contribution in [3.05, 3.63) is 35.9 Å². The lowest BCUT2D eigenvalue weighted by atomic mass is 9.93. The Morgan fingerprint density at radius 1 is 1.21 bits per heavy atom. The molecule has 0 saturated heterocycles. The van der Waals surface area contributed by atoms with E-state index < -0.39 is 5.41 Å². The molecule has 0 fully saturated rings. The van der Waals surface area contributed by atoms with Crippen LogP contribution in [0.25, 0.3) is 0 Å². The van der Waals surface area contributed by atoms with Gasteiger partial charge >= 0.3 is 0 Å². The van der Waals surface area contributed by atoms with Gasteiger partial charge in [0, 0.05) is 13.1 Å². The summed E-state index contributed by atoms with van der Waals surface area (Å²) in [6.07, 6.45) is 0. The fraction of sp³-hybridized carbons (Fsp3) is 0.429. The van der Waals surface area contributed by atoms with Gasteiger partial charge in [-0.15, -0.1) is 0 Å². The Balaban J connectivity index is 2.24. The molecule has 0 radical (unpaired) electrons. The second-order valence-electron chi connectivity index (χ2n) is 5.11. The van der Waals surface area contributed by atoms with Gasteiger partial charge in [0.15, 0.2) is 0 Å². The maximum atomic E-state index is 11.6. The van der Waals surface area contributed by atoms with Crippen molar-refractivity contribution in [1.29, 1.82) is 0 Å². The van der Waals surface area contributed by atoms with E-state index in [9.17, 15) is 9.59 Å². The maximum Gasteiger partial charge on any atom is 0.234 e. The normalized spacial score (nSPS) is 11.1. The Bertz CT molecular complexity index is 430. The third-order valence-corrected chi connectivity index (χ3v) is 2.85. The Hall–Kier alpha value is -1.88. The van der Waals surface area contributed by atoms with E-state index in [0.717, 1.165) is 5.56 Å². The summed E-state index contributed by atoms with van der Waals surface area (Å²) in [5.41, 5.74) is 5.64. The lowest BCUT2D eigenvalue weighted by Gasteiger charge is -2.20. The van der Waals surface area contributed by atoms with E-state index >= 15 is 0 Å². The van der Waals surface area contributed by atoms with Gasteiger partial charge in [0.2, 0.25) is 11.8 Å². The third kappa shape index (κ3) is 5.52. The first-order valence-electron chi connectivity index (χ1n) is 6.23. The summed E-state index contributed by atoms with van der Waals surface area (Å²) in [7, 11) is 0. The maximum absolute atomic E-state index is 11.6. The molecule has 1 aromatic rings. The van der Waals surface area contributed by atoms with E-state index in [2.05, 4.69) is 10.6 Å². The largest absolute Gasteiger partial charge is 0.369 e. The van der Waals surface area contributed by atoms with Crippen LogP contribution in [0.5, 0.6) is 0 Å². The van der Waals surface area contributed by atoms with E-state index in [1.165, 1.54) is 0 Å². The number of nitrogens with one attached hydrogen (secondary N) is 2. The third-order valence-electron chi connectivity index (χ3n) is 2.85. The van der Waals surface area contributed by atoms with Gasteiger partial charge in [-0.05, 0) is 19.4 Å². The molecular formula is C14H21N3O2. The van der Waals surface area contributed by atoms with Crippen LogP contribution in [0.2, 0.25) is 0 Å². The Morgan fingerprint density at radius 3 is 2.42 bits per heavy atom. The summed E-state index contributed by atoms with van der Waals surface area (Å²) < 4.78 is 0. The molecule has 0 bridgehead atoms. The van der Waals surface area contributed by atoms with Gasteiger partial charge in [0.25, 0.3) is 0 Å². The number of carbonyl (C=O) groups is 2. The molecule has 19 heavy (non-hydrogen) atoms. The summed E-state index contributed by atoms with van der Waals surface area (Å²) in [5, 5.41) is 5.73. The van der Waals surface area contributed by atoms with Crippen LogP contribution in [0.3, 0.4) is 0 Å². The number of rotatable bonds is 7. The Kier molecular flexibility index (Phi) is 5.51. The Morgan fingerprint density at radius 2 is 1.84 bits per heavy atom. The molecule has 0 atom stereocenters. The molecule has 0 aliphatic heterocycles. The number of carbonyl (C=O) groups excluding carboxylic acids is 2. The lowest BCUT2D eigenvalue weighted by molar-refractivity contribution is -0.126. The zero-order valence-corrected chi connectivity index (χ0v) is 11.4. The van der Waals surface area contributed by atoms with E-state index in [1.54, 1.807) is 13.8 Å². The highest BCUT2D eigenvalue weighted by Crippen LogP contribution is 2.11. The monoisotopic (exact) mass is 263 g/mol. The molecule has 1 aromatic carbocycles. The van der Waals surface area contributed by atoms with Crippen molar-refractivity contribution in [3.8, 4) is 0 Å². The average molecular weight is 263 g/mol. The molecule has 0 spiro atoms. The first-order chi connectivity index (χ1) is 8.92. The van der Waals surface area contributed by atoms with Gasteiger partial charge in [-0.3, -0.25) is 9.59 Å². The first-order valence-corrected chi connectivity index (χ1v) is 6.23. The highest BCUT2D eigenvalue weighted by Gasteiger charge is 2.24. The molecule has 0 aromatic heterocycles.